The van der Waals surface area contributed by atoms with Crippen molar-refractivity contribution in [2.75, 3.05) is 13.7 Å². The maximum Gasteiger partial charge on any atom is 0.201 e. The van der Waals surface area contributed by atoms with Crippen molar-refractivity contribution in [2.24, 2.45) is 5.92 Å². The van der Waals surface area contributed by atoms with E-state index in [1.54, 1.807) is 20.1 Å². The second-order valence-electron chi connectivity index (χ2n) is 5.56. The average molecular weight is 365 g/mol. The van der Waals surface area contributed by atoms with Crippen LogP contribution >= 0.6 is 22.9 Å². The largest absolute Gasteiger partial charge is 0.501 e. The Hall–Kier alpha value is -1.85. The third-order valence-corrected chi connectivity index (χ3v) is 5.25. The molecule has 2 aromatic rings. The number of carbonyl (C=O) groups is 2. The predicted molar refractivity (Wildman–Crippen MR) is 95.2 cm³/mol. The van der Waals surface area contributed by atoms with Crippen molar-refractivity contribution in [2.45, 2.75) is 19.8 Å². The number of carbonyl (C=O) groups excluding carboxylic acids is 2. The lowest BCUT2D eigenvalue weighted by molar-refractivity contribution is -0.116. The zero-order chi connectivity index (χ0) is 17.3. The maximum atomic E-state index is 12.9. The number of allylic oxidation sites excluding steroid dienone is 1. The third kappa shape index (κ3) is 3.06. The molecule has 0 N–H and O–H groups in total. The number of fused-ring (bicyclic) bond motifs is 1. The van der Waals surface area contributed by atoms with E-state index in [0.717, 1.165) is 17.5 Å². The first-order chi connectivity index (χ1) is 11.6. The van der Waals surface area contributed by atoms with E-state index in [1.165, 1.54) is 17.6 Å². The normalized spacial score (nSPS) is 14.7. The molecule has 1 aromatic carbocycles. The molecule has 4 nitrogen and oxygen atoms in total. The molecule has 0 aliphatic heterocycles. The molecule has 6 heteroatoms. The first-order valence-corrected chi connectivity index (χ1v) is 8.98. The molecule has 0 radical (unpaired) electrons. The number of methoxy groups -OCH3 is 1. The van der Waals surface area contributed by atoms with Gasteiger partial charge in [0.25, 0.3) is 0 Å². The lowest BCUT2D eigenvalue weighted by Crippen LogP contribution is -2.16. The van der Waals surface area contributed by atoms with Crippen molar-refractivity contribution in [3.8, 4) is 5.75 Å². The molecule has 1 saturated carbocycles. The summed E-state index contributed by atoms with van der Waals surface area (Å²) in [5.74, 6) is -0.0141. The highest BCUT2D eigenvalue weighted by molar-refractivity contribution is 7.17. The smallest absolute Gasteiger partial charge is 0.201 e. The highest BCUT2D eigenvalue weighted by Gasteiger charge is 2.35. The molecule has 24 heavy (non-hydrogen) atoms. The highest BCUT2D eigenvalue weighted by Crippen LogP contribution is 2.40. The number of hydrogen-bond donors (Lipinski definition) is 0. The van der Waals surface area contributed by atoms with Gasteiger partial charge in [-0.2, -0.15) is 0 Å². The van der Waals surface area contributed by atoms with Gasteiger partial charge < -0.3 is 9.47 Å². The molecule has 1 fully saturated rings. The molecular formula is C18H17ClO4S. The molecule has 0 unspecified atom stereocenters. The fraction of sp³-hybridized carbons (Fsp3) is 0.333. The number of benzene rings is 1. The highest BCUT2D eigenvalue weighted by atomic mass is 35.5. The number of halogens is 1. The Morgan fingerprint density at radius 3 is 2.75 bits per heavy atom. The number of rotatable bonds is 7. The van der Waals surface area contributed by atoms with Gasteiger partial charge in [0.1, 0.15) is 11.3 Å². The summed E-state index contributed by atoms with van der Waals surface area (Å²) < 4.78 is 11.5. The Labute approximate surface area is 149 Å². The number of ketones is 2. The van der Waals surface area contributed by atoms with E-state index in [1.807, 2.05) is 11.4 Å². The Kier molecular flexibility index (Phi) is 4.92. The molecule has 1 aliphatic rings. The molecule has 1 aliphatic carbocycles. The fourth-order valence-electron chi connectivity index (χ4n) is 2.49. The maximum absolute atomic E-state index is 12.9. The van der Waals surface area contributed by atoms with Gasteiger partial charge in [-0.05, 0) is 31.9 Å². The van der Waals surface area contributed by atoms with Crippen molar-refractivity contribution in [3.05, 3.63) is 39.9 Å². The first kappa shape index (κ1) is 17.0. The van der Waals surface area contributed by atoms with Crippen LogP contribution in [0, 0.1) is 5.92 Å². The first-order valence-electron chi connectivity index (χ1n) is 7.72. The van der Waals surface area contributed by atoms with E-state index >= 15 is 0 Å². The molecule has 1 aromatic heterocycles. The topological polar surface area (TPSA) is 52.6 Å². The Morgan fingerprint density at radius 1 is 1.38 bits per heavy atom. The Morgan fingerprint density at radius 2 is 2.12 bits per heavy atom. The average Bonchev–Trinajstić information content (AvgIpc) is 3.34. The van der Waals surface area contributed by atoms with E-state index in [2.05, 4.69) is 0 Å². The second-order valence-corrected chi connectivity index (χ2v) is 6.85. The van der Waals surface area contributed by atoms with Crippen molar-refractivity contribution >= 4 is 44.6 Å². The zero-order valence-electron chi connectivity index (χ0n) is 13.4. The van der Waals surface area contributed by atoms with E-state index in [9.17, 15) is 9.59 Å². The lowest BCUT2D eigenvalue weighted by Gasteiger charge is -2.09. The molecule has 0 amide bonds. The molecule has 0 spiro atoms. The monoisotopic (exact) mass is 364 g/mol. The van der Waals surface area contributed by atoms with Crippen molar-refractivity contribution in [1.82, 2.24) is 0 Å². The minimum Gasteiger partial charge on any atom is -0.501 e. The van der Waals surface area contributed by atoms with Gasteiger partial charge in [-0.3, -0.25) is 9.59 Å². The predicted octanol–water partition coefficient (Wildman–Crippen LogP) is 4.65. The summed E-state index contributed by atoms with van der Waals surface area (Å²) in [4.78, 5) is 25.4. The van der Waals surface area contributed by atoms with Crippen LogP contribution in [0.5, 0.6) is 5.75 Å². The van der Waals surface area contributed by atoms with E-state index in [0.29, 0.717) is 28.3 Å². The summed E-state index contributed by atoms with van der Waals surface area (Å²) >= 11 is 7.96. The summed E-state index contributed by atoms with van der Waals surface area (Å²) in [6.07, 6.45) is 2.91. The van der Waals surface area contributed by atoms with Gasteiger partial charge in [0.15, 0.2) is 5.78 Å². The van der Waals surface area contributed by atoms with Crippen LogP contribution in [-0.2, 0) is 9.53 Å². The summed E-state index contributed by atoms with van der Waals surface area (Å²) in [5, 5.41) is 2.85. The molecule has 3 rings (SSSR count). The molecule has 0 atom stereocenters. The molecule has 1 heterocycles. The van der Waals surface area contributed by atoms with Crippen LogP contribution in [-0.4, -0.2) is 25.3 Å². The molecule has 0 saturated heterocycles. The van der Waals surface area contributed by atoms with Crippen LogP contribution in [0.15, 0.2) is 29.3 Å². The minimum absolute atomic E-state index is 0.0646. The number of hydrogen-bond acceptors (Lipinski definition) is 5. The lowest BCUT2D eigenvalue weighted by atomic mass is 9.97. The van der Waals surface area contributed by atoms with Gasteiger partial charge in [-0.15, -0.1) is 11.3 Å². The fourth-order valence-corrected chi connectivity index (χ4v) is 3.80. The van der Waals surface area contributed by atoms with Crippen LogP contribution in [0.3, 0.4) is 0 Å². The van der Waals surface area contributed by atoms with Crippen LogP contribution in [0.25, 0.3) is 10.1 Å². The van der Waals surface area contributed by atoms with E-state index in [4.69, 9.17) is 21.1 Å². The van der Waals surface area contributed by atoms with Gasteiger partial charge >= 0.3 is 0 Å². The van der Waals surface area contributed by atoms with Crippen LogP contribution < -0.4 is 4.74 Å². The number of Topliss-reactive ketones (excluding diaryl/α,β-unsaturated/α-hetero) is 2. The summed E-state index contributed by atoms with van der Waals surface area (Å²) in [6, 6.07) is 3.48. The van der Waals surface area contributed by atoms with Gasteiger partial charge in [-0.25, -0.2) is 0 Å². The van der Waals surface area contributed by atoms with Crippen LogP contribution in [0.4, 0.5) is 0 Å². The van der Waals surface area contributed by atoms with Gasteiger partial charge in [-0.1, -0.05) is 11.6 Å². The SMILES string of the molecule is CCO/C=C(\C(=O)c1ccc2scc(OC)c2c1Cl)C(=O)C1CC1. The summed E-state index contributed by atoms with van der Waals surface area (Å²) in [6.45, 7) is 2.19. The number of ether oxygens (including phenoxy) is 2. The molecule has 126 valence electrons. The zero-order valence-corrected chi connectivity index (χ0v) is 15.0. The third-order valence-electron chi connectivity index (χ3n) is 3.93. The second kappa shape index (κ2) is 6.95. The minimum atomic E-state index is -0.402. The quantitative estimate of drug-likeness (QED) is 0.236. The number of thiophene rings is 1. The summed E-state index contributed by atoms with van der Waals surface area (Å²) in [7, 11) is 1.56. The van der Waals surface area contributed by atoms with Gasteiger partial charge in [0, 0.05) is 21.6 Å². The standard InChI is InChI=1S/C18H17ClO4S/c1-3-23-8-12(17(20)10-4-5-10)18(21)11-6-7-14-15(16(11)19)13(22-2)9-24-14/h6-10H,3-5H2,1-2H3/b12-8-. The van der Waals surface area contributed by atoms with Crippen LogP contribution in [0.1, 0.15) is 30.1 Å². The molecule has 0 bridgehead atoms. The molecular weight excluding hydrogens is 348 g/mol. The van der Waals surface area contributed by atoms with Crippen LogP contribution in [0.2, 0.25) is 5.02 Å². The Bertz CT molecular complexity index is 833. The van der Waals surface area contributed by atoms with Gasteiger partial charge in [0.2, 0.25) is 5.78 Å². The Balaban J connectivity index is 2.05. The van der Waals surface area contributed by atoms with Crippen molar-refractivity contribution in [3.63, 3.8) is 0 Å². The van der Waals surface area contributed by atoms with Gasteiger partial charge in [0.05, 0.1) is 30.4 Å². The van der Waals surface area contributed by atoms with Crippen molar-refractivity contribution in [1.29, 1.82) is 0 Å². The van der Waals surface area contributed by atoms with Crippen molar-refractivity contribution < 1.29 is 19.1 Å². The van der Waals surface area contributed by atoms with E-state index in [-0.39, 0.29) is 17.3 Å². The van der Waals surface area contributed by atoms with E-state index < -0.39 is 5.78 Å². The summed E-state index contributed by atoms with van der Waals surface area (Å²) in [5.41, 5.74) is 0.357.